The highest BCUT2D eigenvalue weighted by molar-refractivity contribution is 6.20. The Labute approximate surface area is 88.8 Å². The number of rotatable bonds is 3. The summed E-state index contributed by atoms with van der Waals surface area (Å²) in [6, 6.07) is 0. The van der Waals surface area contributed by atoms with Crippen molar-refractivity contribution in [3.8, 4) is 0 Å². The minimum atomic E-state index is 0.155. The second-order valence-corrected chi connectivity index (χ2v) is 3.79. The van der Waals surface area contributed by atoms with Gasteiger partial charge in [0.2, 0.25) is 0 Å². The lowest BCUT2D eigenvalue weighted by Crippen LogP contribution is -2.12. The molecule has 3 heteroatoms. The Hall–Kier alpha value is -0.305. The predicted molar refractivity (Wildman–Crippen MR) is 59.7 cm³/mol. The van der Waals surface area contributed by atoms with Crippen LogP contribution in [0, 0.1) is 5.92 Å². The Morgan fingerprint density at radius 3 is 2.21 bits per heavy atom. The van der Waals surface area contributed by atoms with E-state index >= 15 is 0 Å². The summed E-state index contributed by atoms with van der Waals surface area (Å²) in [4.78, 5) is 10.3. The molecule has 0 spiro atoms. The minimum absolute atomic E-state index is 0.155. The molecule has 80 valence electrons. The topological polar surface area (TPSA) is 26.3 Å². The molecule has 0 saturated carbocycles. The molecule has 2 radical (unpaired) electrons. The SMILES string of the molecule is CC1CCOCC1.[B]CC(=O)CCC. The van der Waals surface area contributed by atoms with Gasteiger partial charge in [-0.15, -0.1) is 0 Å². The van der Waals surface area contributed by atoms with Crippen molar-refractivity contribution in [2.24, 2.45) is 5.92 Å². The highest BCUT2D eigenvalue weighted by atomic mass is 16.5. The van der Waals surface area contributed by atoms with Gasteiger partial charge in [-0.1, -0.05) is 13.8 Å². The molecule has 1 fully saturated rings. The third-order valence-corrected chi connectivity index (χ3v) is 2.27. The van der Waals surface area contributed by atoms with E-state index in [-0.39, 0.29) is 12.1 Å². The molecule has 1 aliphatic heterocycles. The van der Waals surface area contributed by atoms with E-state index in [0.29, 0.717) is 6.42 Å². The van der Waals surface area contributed by atoms with Crippen molar-refractivity contribution in [2.75, 3.05) is 13.2 Å². The molecule has 2 nitrogen and oxygen atoms in total. The Morgan fingerprint density at radius 2 is 2.00 bits per heavy atom. The van der Waals surface area contributed by atoms with Crippen LogP contribution in [-0.2, 0) is 9.53 Å². The maximum Gasteiger partial charge on any atom is 0.124 e. The quantitative estimate of drug-likeness (QED) is 0.647. The van der Waals surface area contributed by atoms with E-state index in [9.17, 15) is 4.79 Å². The molecule has 0 aliphatic carbocycles. The second kappa shape index (κ2) is 9.26. The van der Waals surface area contributed by atoms with Crippen LogP contribution in [0.2, 0.25) is 6.32 Å². The molecule has 1 aliphatic rings. The average Bonchev–Trinajstić information content (AvgIpc) is 2.20. The number of ether oxygens (including phenoxy) is 1. The number of Topliss-reactive ketones (excluding diaryl/α,β-unsaturated/α-hetero) is 1. The van der Waals surface area contributed by atoms with E-state index in [4.69, 9.17) is 12.6 Å². The average molecular weight is 196 g/mol. The van der Waals surface area contributed by atoms with Gasteiger partial charge in [-0.3, -0.25) is 0 Å². The van der Waals surface area contributed by atoms with Crippen molar-refractivity contribution < 1.29 is 9.53 Å². The summed E-state index contributed by atoms with van der Waals surface area (Å²) in [6.45, 7) is 6.22. The van der Waals surface area contributed by atoms with Crippen LogP contribution in [-0.4, -0.2) is 26.8 Å². The van der Waals surface area contributed by atoms with Crippen molar-refractivity contribution in [3.63, 3.8) is 0 Å². The molecule has 0 bridgehead atoms. The summed E-state index contributed by atoms with van der Waals surface area (Å²) in [6.07, 6.45) is 4.28. The molecule has 0 unspecified atom stereocenters. The van der Waals surface area contributed by atoms with Gasteiger partial charge in [0.25, 0.3) is 0 Å². The highest BCUT2D eigenvalue weighted by Crippen LogP contribution is 2.11. The fourth-order valence-corrected chi connectivity index (χ4v) is 1.20. The van der Waals surface area contributed by atoms with Gasteiger partial charge >= 0.3 is 0 Å². The van der Waals surface area contributed by atoms with Gasteiger partial charge in [-0.25, -0.2) is 0 Å². The Bertz CT molecular complexity index is 142. The Kier molecular flexibility index (Phi) is 9.06. The summed E-state index contributed by atoms with van der Waals surface area (Å²) >= 11 is 0. The summed E-state index contributed by atoms with van der Waals surface area (Å²) in [5.74, 6) is 1.07. The lowest BCUT2D eigenvalue weighted by Gasteiger charge is -2.16. The first-order chi connectivity index (χ1) is 6.70. The Balaban J connectivity index is 0.000000241. The smallest absolute Gasteiger partial charge is 0.124 e. The molecule has 0 atom stereocenters. The highest BCUT2D eigenvalue weighted by Gasteiger charge is 2.06. The minimum Gasteiger partial charge on any atom is -0.381 e. The van der Waals surface area contributed by atoms with Gasteiger partial charge in [0.05, 0.1) is 7.85 Å². The van der Waals surface area contributed by atoms with E-state index in [1.165, 1.54) is 12.8 Å². The van der Waals surface area contributed by atoms with Gasteiger partial charge < -0.3 is 9.53 Å². The van der Waals surface area contributed by atoms with Crippen LogP contribution in [0.3, 0.4) is 0 Å². The van der Waals surface area contributed by atoms with Gasteiger partial charge in [0.1, 0.15) is 5.78 Å². The van der Waals surface area contributed by atoms with Gasteiger partial charge in [0, 0.05) is 19.6 Å². The molecule has 0 aromatic rings. The number of ketones is 1. The number of carbonyl (C=O) groups is 1. The maximum absolute atomic E-state index is 10.3. The van der Waals surface area contributed by atoms with E-state index in [0.717, 1.165) is 25.6 Å². The molecular weight excluding hydrogens is 175 g/mol. The lowest BCUT2D eigenvalue weighted by molar-refractivity contribution is -0.116. The summed E-state index contributed by atoms with van der Waals surface area (Å²) in [5.41, 5.74) is 0. The molecule has 14 heavy (non-hydrogen) atoms. The number of hydrogen-bond acceptors (Lipinski definition) is 2. The normalized spacial score (nSPS) is 17.0. The first kappa shape index (κ1) is 13.7. The molecule has 1 saturated heterocycles. The van der Waals surface area contributed by atoms with Crippen LogP contribution in [0.15, 0.2) is 0 Å². The third kappa shape index (κ3) is 8.30. The summed E-state index contributed by atoms with van der Waals surface area (Å²) in [5, 5.41) is 0. The van der Waals surface area contributed by atoms with Crippen molar-refractivity contribution in [1.29, 1.82) is 0 Å². The van der Waals surface area contributed by atoms with Crippen LogP contribution in [0.4, 0.5) is 0 Å². The zero-order valence-corrected chi connectivity index (χ0v) is 9.42. The first-order valence-corrected chi connectivity index (χ1v) is 5.50. The molecule has 0 amide bonds. The van der Waals surface area contributed by atoms with Crippen LogP contribution in [0.1, 0.15) is 39.5 Å². The lowest BCUT2D eigenvalue weighted by atomic mass is 9.98. The second-order valence-electron chi connectivity index (χ2n) is 3.79. The molecule has 0 N–H and O–H groups in total. The van der Waals surface area contributed by atoms with Crippen LogP contribution < -0.4 is 0 Å². The molecular formula is C11H21BO2. The summed E-state index contributed by atoms with van der Waals surface area (Å²) in [7, 11) is 5.01. The third-order valence-electron chi connectivity index (χ3n) is 2.27. The van der Waals surface area contributed by atoms with Gasteiger partial charge in [-0.2, -0.15) is 0 Å². The largest absolute Gasteiger partial charge is 0.381 e. The van der Waals surface area contributed by atoms with Crippen LogP contribution in [0.25, 0.3) is 0 Å². The molecule has 0 aromatic heterocycles. The van der Waals surface area contributed by atoms with E-state index in [1.807, 2.05) is 6.92 Å². The monoisotopic (exact) mass is 196 g/mol. The molecule has 1 heterocycles. The fourth-order valence-electron chi connectivity index (χ4n) is 1.20. The number of hydrogen-bond donors (Lipinski definition) is 0. The van der Waals surface area contributed by atoms with Crippen molar-refractivity contribution >= 4 is 13.6 Å². The maximum atomic E-state index is 10.3. The molecule has 1 rings (SSSR count). The van der Waals surface area contributed by atoms with Gasteiger partial charge in [-0.05, 0) is 31.5 Å². The fraction of sp³-hybridized carbons (Fsp3) is 0.909. The zero-order valence-electron chi connectivity index (χ0n) is 9.42. The molecule has 0 aromatic carbocycles. The van der Waals surface area contributed by atoms with E-state index in [1.54, 1.807) is 0 Å². The van der Waals surface area contributed by atoms with E-state index < -0.39 is 0 Å². The Morgan fingerprint density at radius 1 is 1.43 bits per heavy atom. The van der Waals surface area contributed by atoms with Crippen molar-refractivity contribution in [3.05, 3.63) is 0 Å². The van der Waals surface area contributed by atoms with Crippen LogP contribution >= 0.6 is 0 Å². The van der Waals surface area contributed by atoms with Crippen LogP contribution in [0.5, 0.6) is 0 Å². The van der Waals surface area contributed by atoms with E-state index in [2.05, 4.69) is 6.92 Å². The zero-order chi connectivity index (χ0) is 10.8. The standard InChI is InChI=1S/C6H12O.C5H9BO/c1-6-2-4-7-5-3-6;1-2-3-5(7)4-6/h6H,2-5H2,1H3;2-4H2,1H3. The first-order valence-electron chi connectivity index (χ1n) is 5.50. The van der Waals surface area contributed by atoms with Crippen molar-refractivity contribution in [2.45, 2.75) is 45.9 Å². The summed E-state index contributed by atoms with van der Waals surface area (Å²) < 4.78 is 5.14. The predicted octanol–water partition coefficient (Wildman–Crippen LogP) is 2.38. The van der Waals surface area contributed by atoms with Crippen molar-refractivity contribution in [1.82, 2.24) is 0 Å². The number of carbonyl (C=O) groups excluding carboxylic acids is 1. The van der Waals surface area contributed by atoms with Gasteiger partial charge in [0.15, 0.2) is 0 Å².